The molecule has 1 unspecified atom stereocenters. The number of hydrogen-bond acceptors (Lipinski definition) is 3. The van der Waals surface area contributed by atoms with Gasteiger partial charge in [-0.2, -0.15) is 0 Å². The molecule has 0 saturated heterocycles. The van der Waals surface area contributed by atoms with Crippen molar-refractivity contribution in [2.45, 2.75) is 19.1 Å². The SMILES string of the molecule is OC(CNCCCn1ccnc1)c1ccccc1. The largest absolute Gasteiger partial charge is 0.387 e. The molecule has 0 aliphatic rings. The molecule has 4 heteroatoms. The van der Waals surface area contributed by atoms with E-state index in [0.29, 0.717) is 6.54 Å². The predicted octanol–water partition coefficient (Wildman–Crippen LogP) is 1.60. The van der Waals surface area contributed by atoms with Crippen LogP contribution >= 0.6 is 0 Å². The van der Waals surface area contributed by atoms with Crippen molar-refractivity contribution in [2.75, 3.05) is 13.1 Å². The van der Waals surface area contributed by atoms with E-state index >= 15 is 0 Å². The Labute approximate surface area is 107 Å². The van der Waals surface area contributed by atoms with Gasteiger partial charge in [-0.3, -0.25) is 0 Å². The molecule has 2 aromatic rings. The molecular formula is C14H19N3O. The average Bonchev–Trinajstić information content (AvgIpc) is 2.92. The van der Waals surface area contributed by atoms with Crippen LogP contribution in [0.2, 0.25) is 0 Å². The molecule has 0 bridgehead atoms. The lowest BCUT2D eigenvalue weighted by Gasteiger charge is -2.12. The summed E-state index contributed by atoms with van der Waals surface area (Å²) in [5, 5.41) is 13.2. The minimum absolute atomic E-state index is 0.431. The summed E-state index contributed by atoms with van der Waals surface area (Å²) in [4.78, 5) is 3.99. The number of benzene rings is 1. The van der Waals surface area contributed by atoms with Gasteiger partial charge >= 0.3 is 0 Å². The lowest BCUT2D eigenvalue weighted by Crippen LogP contribution is -2.23. The van der Waals surface area contributed by atoms with Crippen LogP contribution in [0, 0.1) is 0 Å². The van der Waals surface area contributed by atoms with E-state index in [4.69, 9.17) is 0 Å². The highest BCUT2D eigenvalue weighted by molar-refractivity contribution is 5.17. The van der Waals surface area contributed by atoms with Crippen molar-refractivity contribution in [3.8, 4) is 0 Å². The third-order valence-electron chi connectivity index (χ3n) is 2.85. The number of rotatable bonds is 7. The molecule has 0 radical (unpaired) electrons. The first-order chi connectivity index (χ1) is 8.86. The fourth-order valence-corrected chi connectivity index (χ4v) is 1.84. The van der Waals surface area contributed by atoms with Crippen LogP contribution in [0.25, 0.3) is 0 Å². The van der Waals surface area contributed by atoms with E-state index in [1.807, 2.05) is 42.9 Å². The first-order valence-corrected chi connectivity index (χ1v) is 6.26. The summed E-state index contributed by atoms with van der Waals surface area (Å²) < 4.78 is 2.05. The van der Waals surface area contributed by atoms with E-state index in [9.17, 15) is 5.11 Å². The van der Waals surface area contributed by atoms with E-state index in [1.54, 1.807) is 6.20 Å². The molecule has 0 aliphatic heterocycles. The molecule has 2 N–H and O–H groups in total. The van der Waals surface area contributed by atoms with Crippen molar-refractivity contribution in [3.63, 3.8) is 0 Å². The number of aliphatic hydroxyl groups excluding tert-OH is 1. The Kier molecular flexibility index (Phi) is 4.93. The molecule has 0 spiro atoms. The molecule has 1 aromatic carbocycles. The molecule has 1 aromatic heterocycles. The zero-order chi connectivity index (χ0) is 12.6. The van der Waals surface area contributed by atoms with Crippen molar-refractivity contribution in [2.24, 2.45) is 0 Å². The normalized spacial score (nSPS) is 12.5. The lowest BCUT2D eigenvalue weighted by atomic mass is 10.1. The third kappa shape index (κ3) is 3.98. The molecule has 2 rings (SSSR count). The zero-order valence-electron chi connectivity index (χ0n) is 10.4. The highest BCUT2D eigenvalue weighted by atomic mass is 16.3. The van der Waals surface area contributed by atoms with Crippen molar-refractivity contribution in [1.82, 2.24) is 14.9 Å². The third-order valence-corrected chi connectivity index (χ3v) is 2.85. The first-order valence-electron chi connectivity index (χ1n) is 6.26. The fourth-order valence-electron chi connectivity index (χ4n) is 1.84. The molecule has 0 amide bonds. The van der Waals surface area contributed by atoms with E-state index in [2.05, 4.69) is 14.9 Å². The summed E-state index contributed by atoms with van der Waals surface area (Å²) in [5.41, 5.74) is 0.958. The standard InChI is InChI=1S/C14H19N3O/c18-14(13-5-2-1-3-6-13)11-15-7-4-9-17-10-8-16-12-17/h1-3,5-6,8,10,12,14-15,18H,4,7,9,11H2. The Hall–Kier alpha value is -1.65. The second-order valence-corrected chi connectivity index (χ2v) is 4.28. The Morgan fingerprint density at radius 3 is 2.83 bits per heavy atom. The van der Waals surface area contributed by atoms with Gasteiger partial charge in [0.15, 0.2) is 0 Å². The van der Waals surface area contributed by atoms with Gasteiger partial charge in [-0.05, 0) is 18.5 Å². The Bertz CT molecular complexity index is 428. The topological polar surface area (TPSA) is 50.1 Å². The van der Waals surface area contributed by atoms with Gasteiger partial charge in [-0.15, -0.1) is 0 Å². The van der Waals surface area contributed by atoms with Gasteiger partial charge in [-0.25, -0.2) is 4.98 Å². The number of aromatic nitrogens is 2. The van der Waals surface area contributed by atoms with Crippen LogP contribution in [0.4, 0.5) is 0 Å². The van der Waals surface area contributed by atoms with Crippen LogP contribution in [0.15, 0.2) is 49.1 Å². The predicted molar refractivity (Wildman–Crippen MR) is 71.1 cm³/mol. The smallest absolute Gasteiger partial charge is 0.0945 e. The number of hydrogen-bond donors (Lipinski definition) is 2. The maximum Gasteiger partial charge on any atom is 0.0945 e. The number of imidazole rings is 1. The summed E-state index contributed by atoms with van der Waals surface area (Å²) in [6.45, 7) is 2.43. The van der Waals surface area contributed by atoms with Gasteiger partial charge in [-0.1, -0.05) is 30.3 Å². The number of nitrogens with zero attached hydrogens (tertiary/aromatic N) is 2. The number of nitrogens with one attached hydrogen (secondary N) is 1. The Morgan fingerprint density at radius 2 is 2.11 bits per heavy atom. The Balaban J connectivity index is 1.61. The van der Waals surface area contributed by atoms with Crippen molar-refractivity contribution in [1.29, 1.82) is 0 Å². The minimum atomic E-state index is -0.431. The molecule has 96 valence electrons. The average molecular weight is 245 g/mol. The maximum atomic E-state index is 9.93. The van der Waals surface area contributed by atoms with Crippen LogP contribution in [-0.2, 0) is 6.54 Å². The second-order valence-electron chi connectivity index (χ2n) is 4.28. The first kappa shape index (κ1) is 12.8. The van der Waals surface area contributed by atoms with Gasteiger partial charge in [0.1, 0.15) is 0 Å². The second kappa shape index (κ2) is 6.93. The van der Waals surface area contributed by atoms with Crippen molar-refractivity contribution < 1.29 is 5.11 Å². The molecule has 4 nitrogen and oxygen atoms in total. The fraction of sp³-hybridized carbons (Fsp3) is 0.357. The molecule has 1 heterocycles. The summed E-state index contributed by atoms with van der Waals surface area (Å²) in [7, 11) is 0. The van der Waals surface area contributed by atoms with E-state index in [-0.39, 0.29) is 0 Å². The highest BCUT2D eigenvalue weighted by Crippen LogP contribution is 2.10. The molecule has 0 fully saturated rings. The van der Waals surface area contributed by atoms with Gasteiger partial charge in [0.25, 0.3) is 0 Å². The van der Waals surface area contributed by atoms with E-state index in [0.717, 1.165) is 25.1 Å². The van der Waals surface area contributed by atoms with Crippen LogP contribution in [0.3, 0.4) is 0 Å². The van der Waals surface area contributed by atoms with E-state index < -0.39 is 6.10 Å². The minimum Gasteiger partial charge on any atom is -0.387 e. The number of aliphatic hydroxyl groups is 1. The van der Waals surface area contributed by atoms with Crippen LogP contribution in [0.1, 0.15) is 18.1 Å². The van der Waals surface area contributed by atoms with Gasteiger partial charge < -0.3 is 15.0 Å². The number of aryl methyl sites for hydroxylation is 1. The van der Waals surface area contributed by atoms with Crippen molar-refractivity contribution >= 4 is 0 Å². The summed E-state index contributed by atoms with van der Waals surface area (Å²) >= 11 is 0. The molecule has 0 aliphatic carbocycles. The van der Waals surface area contributed by atoms with Crippen LogP contribution in [-0.4, -0.2) is 27.7 Å². The molecule has 0 saturated carbocycles. The summed E-state index contributed by atoms with van der Waals surface area (Å²) in [5.74, 6) is 0. The highest BCUT2D eigenvalue weighted by Gasteiger charge is 2.05. The molecule has 1 atom stereocenters. The summed E-state index contributed by atoms with van der Waals surface area (Å²) in [6.07, 6.45) is 6.15. The van der Waals surface area contributed by atoms with Gasteiger partial charge in [0.2, 0.25) is 0 Å². The van der Waals surface area contributed by atoms with Gasteiger partial charge in [0, 0.05) is 25.5 Å². The molecular weight excluding hydrogens is 226 g/mol. The molecule has 18 heavy (non-hydrogen) atoms. The maximum absolute atomic E-state index is 9.93. The van der Waals surface area contributed by atoms with Crippen LogP contribution in [0.5, 0.6) is 0 Å². The Morgan fingerprint density at radius 1 is 1.28 bits per heavy atom. The van der Waals surface area contributed by atoms with Crippen molar-refractivity contribution in [3.05, 3.63) is 54.6 Å². The zero-order valence-corrected chi connectivity index (χ0v) is 10.4. The van der Waals surface area contributed by atoms with E-state index in [1.165, 1.54) is 0 Å². The quantitative estimate of drug-likeness (QED) is 0.728. The summed E-state index contributed by atoms with van der Waals surface area (Å²) in [6, 6.07) is 9.72. The monoisotopic (exact) mass is 245 g/mol. The van der Waals surface area contributed by atoms with Crippen LogP contribution < -0.4 is 5.32 Å². The lowest BCUT2D eigenvalue weighted by molar-refractivity contribution is 0.174. The van der Waals surface area contributed by atoms with Gasteiger partial charge in [0.05, 0.1) is 12.4 Å².